The molecule has 124 valence electrons. The number of nitrogens with zero attached hydrogens (tertiary/aromatic N) is 1. The fourth-order valence-electron chi connectivity index (χ4n) is 2.88. The summed E-state index contributed by atoms with van der Waals surface area (Å²) < 4.78 is 3.25. The number of amides is 2. The zero-order valence-corrected chi connectivity index (χ0v) is 15.4. The highest BCUT2D eigenvalue weighted by Crippen LogP contribution is 2.29. The van der Waals surface area contributed by atoms with E-state index >= 15 is 0 Å². The summed E-state index contributed by atoms with van der Waals surface area (Å²) in [4.78, 5) is 23.5. The monoisotopic (exact) mass is 412 g/mol. The molecule has 1 saturated heterocycles. The first-order chi connectivity index (χ1) is 12.1. The van der Waals surface area contributed by atoms with Crippen molar-refractivity contribution in [1.82, 2.24) is 9.88 Å². The minimum Gasteiger partial charge on any atom is -0.343 e. The maximum absolute atomic E-state index is 11.8. The van der Waals surface area contributed by atoms with E-state index in [-0.39, 0.29) is 11.1 Å². The van der Waals surface area contributed by atoms with Crippen molar-refractivity contribution in [2.75, 3.05) is 0 Å². The number of rotatable bonds is 3. The van der Waals surface area contributed by atoms with Gasteiger partial charge in [-0.15, -0.1) is 0 Å². The Labute approximate surface area is 157 Å². The van der Waals surface area contributed by atoms with Gasteiger partial charge in [-0.25, -0.2) is 0 Å². The van der Waals surface area contributed by atoms with Crippen molar-refractivity contribution in [3.8, 4) is 0 Å². The molecule has 1 aliphatic heterocycles. The van der Waals surface area contributed by atoms with Gasteiger partial charge in [-0.1, -0.05) is 46.3 Å². The lowest BCUT2D eigenvalue weighted by molar-refractivity contribution is -0.115. The molecule has 4 rings (SSSR count). The number of hydrogen-bond acceptors (Lipinski definition) is 3. The van der Waals surface area contributed by atoms with Crippen LogP contribution in [0.25, 0.3) is 17.0 Å². The summed E-state index contributed by atoms with van der Waals surface area (Å²) in [5.41, 5.74) is 3.20. The number of carbonyl (C=O) groups is 2. The number of halogens is 1. The molecule has 1 fully saturated rings. The van der Waals surface area contributed by atoms with Crippen molar-refractivity contribution < 1.29 is 9.59 Å². The van der Waals surface area contributed by atoms with Gasteiger partial charge in [0.25, 0.3) is 11.1 Å². The van der Waals surface area contributed by atoms with Crippen LogP contribution < -0.4 is 5.32 Å². The second-order valence-electron chi connectivity index (χ2n) is 5.67. The summed E-state index contributed by atoms with van der Waals surface area (Å²) in [6.07, 6.45) is 3.81. The van der Waals surface area contributed by atoms with Crippen LogP contribution in [-0.2, 0) is 11.3 Å². The van der Waals surface area contributed by atoms with Gasteiger partial charge in [0.2, 0.25) is 0 Å². The quantitative estimate of drug-likeness (QED) is 0.629. The van der Waals surface area contributed by atoms with E-state index in [1.165, 1.54) is 5.56 Å². The molecule has 0 spiro atoms. The van der Waals surface area contributed by atoms with Crippen LogP contribution in [0.2, 0.25) is 0 Å². The van der Waals surface area contributed by atoms with Gasteiger partial charge in [0.15, 0.2) is 0 Å². The molecule has 2 heterocycles. The maximum atomic E-state index is 11.8. The van der Waals surface area contributed by atoms with Crippen molar-refractivity contribution in [2.45, 2.75) is 6.54 Å². The molecule has 1 aromatic heterocycles. The average molecular weight is 413 g/mol. The summed E-state index contributed by atoms with van der Waals surface area (Å²) >= 11 is 4.53. The first kappa shape index (κ1) is 16.2. The van der Waals surface area contributed by atoms with Crippen molar-refractivity contribution in [3.05, 3.63) is 75.2 Å². The van der Waals surface area contributed by atoms with Gasteiger partial charge in [0.05, 0.1) is 4.91 Å². The molecule has 1 N–H and O–H groups in total. The molecule has 6 heteroatoms. The average Bonchev–Trinajstić information content (AvgIpc) is 3.14. The molecule has 25 heavy (non-hydrogen) atoms. The number of aromatic nitrogens is 1. The molecule has 0 saturated carbocycles. The summed E-state index contributed by atoms with van der Waals surface area (Å²) in [6.45, 7) is 0.749. The lowest BCUT2D eigenvalue weighted by Gasteiger charge is -2.08. The van der Waals surface area contributed by atoms with Gasteiger partial charge < -0.3 is 4.57 Å². The highest BCUT2D eigenvalue weighted by Gasteiger charge is 2.25. The number of carbonyl (C=O) groups excluding carboxylic acids is 2. The van der Waals surface area contributed by atoms with Crippen LogP contribution in [0.4, 0.5) is 4.79 Å². The highest BCUT2D eigenvalue weighted by atomic mass is 79.9. The third-order valence-electron chi connectivity index (χ3n) is 4.07. The molecule has 0 bridgehead atoms. The van der Waals surface area contributed by atoms with E-state index < -0.39 is 0 Å². The Bertz CT molecular complexity index is 1040. The number of fused-ring (bicyclic) bond motifs is 1. The fraction of sp³-hybridized carbons (Fsp3) is 0.0526. The van der Waals surface area contributed by atoms with Crippen LogP contribution in [0, 0.1) is 0 Å². The largest absolute Gasteiger partial charge is 0.343 e. The van der Waals surface area contributed by atoms with Crippen molar-refractivity contribution in [1.29, 1.82) is 0 Å². The van der Waals surface area contributed by atoms with E-state index in [0.717, 1.165) is 39.2 Å². The molecule has 1 aliphatic rings. The van der Waals surface area contributed by atoms with E-state index in [0.29, 0.717) is 4.91 Å². The Morgan fingerprint density at radius 1 is 1.08 bits per heavy atom. The van der Waals surface area contributed by atoms with Crippen molar-refractivity contribution >= 4 is 55.8 Å². The van der Waals surface area contributed by atoms with Crippen LogP contribution in [-0.4, -0.2) is 15.7 Å². The van der Waals surface area contributed by atoms with Crippen LogP contribution in [0.15, 0.2) is 64.1 Å². The van der Waals surface area contributed by atoms with Gasteiger partial charge >= 0.3 is 0 Å². The number of benzene rings is 2. The Morgan fingerprint density at radius 2 is 1.92 bits per heavy atom. The number of hydrogen-bond donors (Lipinski definition) is 1. The summed E-state index contributed by atoms with van der Waals surface area (Å²) in [5.74, 6) is -0.334. The third-order valence-corrected chi connectivity index (χ3v) is 5.66. The van der Waals surface area contributed by atoms with Gasteiger partial charge in [0.1, 0.15) is 0 Å². The molecular weight excluding hydrogens is 400 g/mol. The number of thioether (sulfide) groups is 1. The molecule has 2 amide bonds. The molecule has 2 aromatic carbocycles. The third kappa shape index (κ3) is 3.15. The molecule has 0 unspecified atom stereocenters. The summed E-state index contributed by atoms with van der Waals surface area (Å²) in [5, 5.41) is 3.01. The second-order valence-corrected chi connectivity index (χ2v) is 7.54. The summed E-state index contributed by atoms with van der Waals surface area (Å²) in [6, 6.07) is 16.2. The normalized spacial score (nSPS) is 16.0. The van der Waals surface area contributed by atoms with E-state index in [2.05, 4.69) is 37.9 Å². The first-order valence-corrected chi connectivity index (χ1v) is 9.29. The van der Waals surface area contributed by atoms with Crippen LogP contribution >= 0.6 is 27.7 Å². The zero-order valence-electron chi connectivity index (χ0n) is 13.0. The Balaban J connectivity index is 1.74. The summed E-state index contributed by atoms with van der Waals surface area (Å²) in [7, 11) is 0. The molecule has 0 aliphatic carbocycles. The SMILES string of the molecule is O=C1NC(=O)C(=Cc2cccc3c2ccn3Cc2ccccc2Br)S1. The molecule has 0 radical (unpaired) electrons. The fourth-order valence-corrected chi connectivity index (χ4v) is 3.97. The highest BCUT2D eigenvalue weighted by molar-refractivity contribution is 9.10. The van der Waals surface area contributed by atoms with Crippen molar-refractivity contribution in [3.63, 3.8) is 0 Å². The van der Waals surface area contributed by atoms with Gasteiger partial charge in [-0.05, 0) is 47.2 Å². The van der Waals surface area contributed by atoms with Gasteiger partial charge in [-0.2, -0.15) is 0 Å². The molecule has 3 aromatic rings. The number of nitrogens with one attached hydrogen (secondary N) is 1. The first-order valence-electron chi connectivity index (χ1n) is 7.68. The zero-order chi connectivity index (χ0) is 17.4. The van der Waals surface area contributed by atoms with Crippen LogP contribution in [0.1, 0.15) is 11.1 Å². The molecular formula is C19H13BrN2O2S. The minimum absolute atomic E-state index is 0.324. The topological polar surface area (TPSA) is 51.1 Å². The lowest BCUT2D eigenvalue weighted by Crippen LogP contribution is -2.17. The van der Waals surface area contributed by atoms with E-state index in [4.69, 9.17) is 0 Å². The van der Waals surface area contributed by atoms with E-state index in [9.17, 15) is 9.59 Å². The Hall–Kier alpha value is -2.31. The number of imide groups is 1. The standard InChI is InChI=1S/C19H13BrN2O2S/c20-15-6-2-1-4-13(15)11-22-9-8-14-12(5-3-7-16(14)22)10-17-18(23)21-19(24)25-17/h1-10H,11H2,(H,21,23,24). The van der Waals surface area contributed by atoms with Gasteiger partial charge in [0, 0.05) is 28.1 Å². The maximum Gasteiger partial charge on any atom is 0.290 e. The lowest BCUT2D eigenvalue weighted by atomic mass is 10.1. The molecule has 0 atom stereocenters. The van der Waals surface area contributed by atoms with Crippen LogP contribution in [0.5, 0.6) is 0 Å². The predicted octanol–water partition coefficient (Wildman–Crippen LogP) is 4.78. The van der Waals surface area contributed by atoms with Gasteiger partial charge in [-0.3, -0.25) is 14.9 Å². The molecule has 4 nitrogen and oxygen atoms in total. The smallest absolute Gasteiger partial charge is 0.290 e. The second kappa shape index (κ2) is 6.54. The van der Waals surface area contributed by atoms with Crippen molar-refractivity contribution in [2.24, 2.45) is 0 Å². The van der Waals surface area contributed by atoms with Crippen LogP contribution in [0.3, 0.4) is 0 Å². The Kier molecular flexibility index (Phi) is 4.23. The predicted molar refractivity (Wildman–Crippen MR) is 104 cm³/mol. The van der Waals surface area contributed by atoms with E-state index in [1.807, 2.05) is 42.6 Å². The Morgan fingerprint density at radius 3 is 2.68 bits per heavy atom. The minimum atomic E-state index is -0.334. The van der Waals surface area contributed by atoms with E-state index in [1.54, 1.807) is 6.08 Å².